The zero-order chi connectivity index (χ0) is 14.4. The first kappa shape index (κ1) is 14.7. The number of hydrogen-bond acceptors (Lipinski definition) is 4. The predicted octanol–water partition coefficient (Wildman–Crippen LogP) is 1.71. The van der Waals surface area contributed by atoms with Gasteiger partial charge < -0.3 is 16.2 Å². The molecule has 2 aromatic rings. The molecule has 1 unspecified atom stereocenters. The Bertz CT molecular complexity index is 555. The Kier molecular flexibility index (Phi) is 5.29. The number of benzene rings is 1. The number of amides is 1. The van der Waals surface area contributed by atoms with E-state index in [2.05, 4.69) is 5.32 Å². The zero-order valence-electron chi connectivity index (χ0n) is 11.1. The Balaban J connectivity index is 1.98. The smallest absolute Gasteiger partial charge is 0.251 e. The molecule has 0 aliphatic heterocycles. The molecule has 106 valence electrons. The summed E-state index contributed by atoms with van der Waals surface area (Å²) in [5.74, 6) is -0.177. The Morgan fingerprint density at radius 2 is 2.15 bits per heavy atom. The lowest BCUT2D eigenvalue weighted by molar-refractivity contribution is 0.0915. The summed E-state index contributed by atoms with van der Waals surface area (Å²) < 4.78 is 0. The van der Waals surface area contributed by atoms with Crippen LogP contribution >= 0.6 is 11.3 Å². The van der Waals surface area contributed by atoms with Crippen molar-refractivity contribution in [3.63, 3.8) is 0 Å². The molecule has 1 aromatic carbocycles. The van der Waals surface area contributed by atoms with Crippen LogP contribution in [-0.2, 0) is 6.42 Å². The average Bonchev–Trinajstić information content (AvgIpc) is 2.99. The maximum absolute atomic E-state index is 12.2. The minimum atomic E-state index is -0.674. The molecule has 0 aliphatic rings. The lowest BCUT2D eigenvalue weighted by Crippen LogP contribution is -2.29. The van der Waals surface area contributed by atoms with Crippen molar-refractivity contribution in [3.05, 3.63) is 57.8 Å². The molecule has 0 saturated carbocycles. The van der Waals surface area contributed by atoms with E-state index < -0.39 is 6.10 Å². The van der Waals surface area contributed by atoms with E-state index in [0.29, 0.717) is 18.5 Å². The summed E-state index contributed by atoms with van der Waals surface area (Å²) in [5, 5.41) is 16.5. The van der Waals surface area contributed by atoms with E-state index in [0.717, 1.165) is 11.1 Å². The van der Waals surface area contributed by atoms with Gasteiger partial charge in [-0.05, 0) is 47.0 Å². The summed E-state index contributed by atoms with van der Waals surface area (Å²) in [6, 6.07) is 9.24. The number of carbonyl (C=O) groups is 1. The van der Waals surface area contributed by atoms with Crippen molar-refractivity contribution in [1.29, 1.82) is 0 Å². The van der Waals surface area contributed by atoms with Gasteiger partial charge >= 0.3 is 0 Å². The quantitative estimate of drug-likeness (QED) is 0.758. The molecular formula is C15H18N2O2S. The Labute approximate surface area is 122 Å². The average molecular weight is 290 g/mol. The number of rotatable bonds is 6. The van der Waals surface area contributed by atoms with E-state index >= 15 is 0 Å². The van der Waals surface area contributed by atoms with Gasteiger partial charge in [0, 0.05) is 12.1 Å². The monoisotopic (exact) mass is 290 g/mol. The SMILES string of the molecule is NCCc1ccccc1C(=O)NCC(O)c1ccsc1. The molecule has 4 nitrogen and oxygen atoms in total. The topological polar surface area (TPSA) is 75.4 Å². The van der Waals surface area contributed by atoms with E-state index in [-0.39, 0.29) is 12.5 Å². The molecule has 0 radical (unpaired) electrons. The van der Waals surface area contributed by atoms with Gasteiger partial charge in [0.05, 0.1) is 6.10 Å². The highest BCUT2D eigenvalue weighted by Crippen LogP contribution is 2.15. The molecule has 1 atom stereocenters. The Morgan fingerprint density at radius 3 is 2.85 bits per heavy atom. The fraction of sp³-hybridized carbons (Fsp3) is 0.267. The molecule has 5 heteroatoms. The van der Waals surface area contributed by atoms with Crippen molar-refractivity contribution in [1.82, 2.24) is 5.32 Å². The number of hydrogen-bond donors (Lipinski definition) is 3. The molecule has 1 aromatic heterocycles. The Hall–Kier alpha value is -1.69. The van der Waals surface area contributed by atoms with Gasteiger partial charge in [-0.15, -0.1) is 0 Å². The number of nitrogens with one attached hydrogen (secondary N) is 1. The van der Waals surface area contributed by atoms with Crippen LogP contribution in [0.2, 0.25) is 0 Å². The lowest BCUT2D eigenvalue weighted by Gasteiger charge is -2.12. The maximum Gasteiger partial charge on any atom is 0.251 e. The van der Waals surface area contributed by atoms with Crippen molar-refractivity contribution < 1.29 is 9.90 Å². The minimum Gasteiger partial charge on any atom is -0.387 e. The highest BCUT2D eigenvalue weighted by Gasteiger charge is 2.13. The van der Waals surface area contributed by atoms with Gasteiger partial charge in [0.25, 0.3) is 5.91 Å². The van der Waals surface area contributed by atoms with Crippen LogP contribution in [0.4, 0.5) is 0 Å². The van der Waals surface area contributed by atoms with Gasteiger partial charge in [-0.3, -0.25) is 4.79 Å². The Morgan fingerprint density at radius 1 is 1.35 bits per heavy atom. The third-order valence-electron chi connectivity index (χ3n) is 3.06. The third-order valence-corrected chi connectivity index (χ3v) is 3.76. The molecule has 0 fully saturated rings. The van der Waals surface area contributed by atoms with Crippen LogP contribution in [0.3, 0.4) is 0 Å². The van der Waals surface area contributed by atoms with Crippen molar-refractivity contribution in [2.75, 3.05) is 13.1 Å². The highest BCUT2D eigenvalue weighted by atomic mass is 32.1. The van der Waals surface area contributed by atoms with Crippen LogP contribution in [0, 0.1) is 0 Å². The van der Waals surface area contributed by atoms with Crippen molar-refractivity contribution in [2.24, 2.45) is 5.73 Å². The van der Waals surface area contributed by atoms with Gasteiger partial charge in [0.2, 0.25) is 0 Å². The van der Waals surface area contributed by atoms with Crippen LogP contribution in [0.5, 0.6) is 0 Å². The second-order valence-corrected chi connectivity index (χ2v) is 5.26. The molecule has 1 heterocycles. The van der Waals surface area contributed by atoms with Crippen molar-refractivity contribution >= 4 is 17.2 Å². The third kappa shape index (κ3) is 3.66. The van der Waals surface area contributed by atoms with Crippen LogP contribution in [0.1, 0.15) is 27.6 Å². The number of aliphatic hydroxyl groups is 1. The number of nitrogens with two attached hydrogens (primary N) is 1. The first-order valence-electron chi connectivity index (χ1n) is 6.48. The van der Waals surface area contributed by atoms with Crippen LogP contribution in [0.25, 0.3) is 0 Å². The van der Waals surface area contributed by atoms with Crippen molar-refractivity contribution in [2.45, 2.75) is 12.5 Å². The summed E-state index contributed by atoms with van der Waals surface area (Å²) in [4.78, 5) is 12.2. The van der Waals surface area contributed by atoms with E-state index in [1.807, 2.05) is 35.0 Å². The second-order valence-electron chi connectivity index (χ2n) is 4.48. The standard InChI is InChI=1S/C15H18N2O2S/c16-7-5-11-3-1-2-4-13(11)15(19)17-9-14(18)12-6-8-20-10-12/h1-4,6,8,10,14,18H,5,7,9,16H2,(H,17,19). The molecule has 0 bridgehead atoms. The first-order chi connectivity index (χ1) is 9.72. The van der Waals surface area contributed by atoms with Gasteiger partial charge in [0.1, 0.15) is 0 Å². The predicted molar refractivity (Wildman–Crippen MR) is 80.8 cm³/mol. The normalized spacial score (nSPS) is 12.1. The zero-order valence-corrected chi connectivity index (χ0v) is 11.9. The number of thiophene rings is 1. The highest BCUT2D eigenvalue weighted by molar-refractivity contribution is 7.07. The van der Waals surface area contributed by atoms with Gasteiger partial charge in [0.15, 0.2) is 0 Å². The van der Waals surface area contributed by atoms with Gasteiger partial charge in [-0.1, -0.05) is 18.2 Å². The molecule has 1 amide bonds. The molecule has 20 heavy (non-hydrogen) atoms. The summed E-state index contributed by atoms with van der Waals surface area (Å²) in [7, 11) is 0. The fourth-order valence-corrected chi connectivity index (χ4v) is 2.69. The maximum atomic E-state index is 12.2. The fourth-order valence-electron chi connectivity index (χ4n) is 1.98. The van der Waals surface area contributed by atoms with E-state index in [4.69, 9.17) is 5.73 Å². The molecular weight excluding hydrogens is 272 g/mol. The first-order valence-corrected chi connectivity index (χ1v) is 7.43. The van der Waals surface area contributed by atoms with Crippen LogP contribution in [0.15, 0.2) is 41.1 Å². The van der Waals surface area contributed by atoms with Gasteiger partial charge in [-0.25, -0.2) is 0 Å². The second kappa shape index (κ2) is 7.19. The van der Waals surface area contributed by atoms with E-state index in [9.17, 15) is 9.90 Å². The lowest BCUT2D eigenvalue weighted by atomic mass is 10.0. The molecule has 0 saturated heterocycles. The number of aliphatic hydroxyl groups excluding tert-OH is 1. The molecule has 0 aliphatic carbocycles. The summed E-state index contributed by atoms with van der Waals surface area (Å²) in [5.41, 5.74) is 7.92. The summed E-state index contributed by atoms with van der Waals surface area (Å²) in [6.45, 7) is 0.703. The summed E-state index contributed by atoms with van der Waals surface area (Å²) in [6.07, 6.45) is -0.0108. The van der Waals surface area contributed by atoms with E-state index in [1.165, 1.54) is 11.3 Å². The van der Waals surface area contributed by atoms with E-state index in [1.54, 1.807) is 6.07 Å². The number of carbonyl (C=O) groups excluding carboxylic acids is 1. The van der Waals surface area contributed by atoms with Crippen LogP contribution in [-0.4, -0.2) is 24.1 Å². The van der Waals surface area contributed by atoms with Crippen molar-refractivity contribution in [3.8, 4) is 0 Å². The summed E-state index contributed by atoms with van der Waals surface area (Å²) >= 11 is 1.52. The molecule has 4 N–H and O–H groups in total. The molecule has 0 spiro atoms. The largest absolute Gasteiger partial charge is 0.387 e. The van der Waals surface area contributed by atoms with Gasteiger partial charge in [-0.2, -0.15) is 11.3 Å². The minimum absolute atomic E-state index is 0.177. The molecule has 2 rings (SSSR count). The van der Waals surface area contributed by atoms with Crippen LogP contribution < -0.4 is 11.1 Å².